The zero-order chi connectivity index (χ0) is 18.3. The number of hydrogen-bond acceptors (Lipinski definition) is 2. The first-order valence-electron chi connectivity index (χ1n) is 9.12. The minimum Gasteiger partial charge on any atom is -0.497 e. The molecule has 4 heteroatoms. The third kappa shape index (κ3) is 2.85. The average Bonchev–Trinajstić information content (AvgIpc) is 3.47. The van der Waals surface area contributed by atoms with Crippen molar-refractivity contribution in [2.24, 2.45) is 13.0 Å². The van der Waals surface area contributed by atoms with Gasteiger partial charge in [0.15, 0.2) is 0 Å². The smallest absolute Gasteiger partial charge is 0.275 e. The molecule has 0 spiro atoms. The van der Waals surface area contributed by atoms with Gasteiger partial charge < -0.3 is 14.2 Å². The molecule has 2 aromatic carbocycles. The lowest BCUT2D eigenvalue weighted by atomic mass is 10.1. The monoisotopic (exact) mass is 348 g/mol. The van der Waals surface area contributed by atoms with E-state index in [4.69, 9.17) is 4.74 Å². The molecule has 1 heterocycles. The molecule has 0 aliphatic heterocycles. The van der Waals surface area contributed by atoms with Gasteiger partial charge in [-0.2, -0.15) is 0 Å². The van der Waals surface area contributed by atoms with E-state index in [1.165, 1.54) is 12.8 Å². The number of ether oxygens (including phenoxy) is 1. The summed E-state index contributed by atoms with van der Waals surface area (Å²) in [7, 11) is 3.61. The quantitative estimate of drug-likeness (QED) is 0.673. The molecule has 26 heavy (non-hydrogen) atoms. The number of aromatic nitrogens is 1. The van der Waals surface area contributed by atoms with Gasteiger partial charge in [-0.15, -0.1) is 0 Å². The molecule has 1 unspecified atom stereocenters. The van der Waals surface area contributed by atoms with Crippen molar-refractivity contribution in [3.8, 4) is 5.75 Å². The highest BCUT2D eigenvalue weighted by atomic mass is 16.5. The lowest BCUT2D eigenvalue weighted by molar-refractivity contribution is 0.0968. The molecule has 3 aromatic rings. The van der Waals surface area contributed by atoms with Crippen molar-refractivity contribution in [2.45, 2.75) is 25.8 Å². The Bertz CT molecular complexity index is 938. The lowest BCUT2D eigenvalue weighted by Gasteiger charge is -2.30. The third-order valence-corrected chi connectivity index (χ3v) is 5.45. The molecule has 134 valence electrons. The molecule has 1 aromatic heterocycles. The number of aryl methyl sites for hydroxylation is 1. The van der Waals surface area contributed by atoms with Gasteiger partial charge in [0.25, 0.3) is 5.91 Å². The van der Waals surface area contributed by atoms with Crippen molar-refractivity contribution in [1.82, 2.24) is 4.57 Å². The second-order valence-electron chi connectivity index (χ2n) is 7.10. The van der Waals surface area contributed by atoms with Gasteiger partial charge >= 0.3 is 0 Å². The SMILES string of the molecule is COc1ccc(N(C(=O)c2cc3ccccc3n2C)C(C)C2CC2)cc1. The molecule has 1 aliphatic carbocycles. The van der Waals surface area contributed by atoms with Crippen LogP contribution in [0.2, 0.25) is 0 Å². The molecule has 1 fully saturated rings. The van der Waals surface area contributed by atoms with Crippen LogP contribution in [0.5, 0.6) is 5.75 Å². The zero-order valence-electron chi connectivity index (χ0n) is 15.5. The minimum atomic E-state index is 0.0493. The number of fused-ring (bicyclic) bond motifs is 1. The van der Waals surface area contributed by atoms with E-state index in [9.17, 15) is 4.79 Å². The Morgan fingerprint density at radius 2 is 1.85 bits per heavy atom. The number of anilines is 1. The van der Waals surface area contributed by atoms with Crippen molar-refractivity contribution >= 4 is 22.5 Å². The van der Waals surface area contributed by atoms with E-state index in [0.29, 0.717) is 5.92 Å². The molecule has 0 saturated heterocycles. The number of para-hydroxylation sites is 1. The van der Waals surface area contributed by atoms with Gasteiger partial charge in [-0.3, -0.25) is 4.79 Å². The molecule has 1 atom stereocenters. The number of methoxy groups -OCH3 is 1. The van der Waals surface area contributed by atoms with Crippen LogP contribution >= 0.6 is 0 Å². The van der Waals surface area contributed by atoms with Gasteiger partial charge in [0.05, 0.1) is 7.11 Å². The van der Waals surface area contributed by atoms with Gasteiger partial charge in [-0.25, -0.2) is 0 Å². The Hall–Kier alpha value is -2.75. The fourth-order valence-corrected chi connectivity index (χ4v) is 3.69. The van der Waals surface area contributed by atoms with Crippen LogP contribution in [0, 0.1) is 5.92 Å². The Kier molecular flexibility index (Phi) is 4.19. The summed E-state index contributed by atoms with van der Waals surface area (Å²) in [6, 6.07) is 18.0. The van der Waals surface area contributed by atoms with Gasteiger partial charge in [0, 0.05) is 29.7 Å². The first-order valence-corrected chi connectivity index (χ1v) is 9.12. The van der Waals surface area contributed by atoms with E-state index in [0.717, 1.165) is 28.0 Å². The molecule has 4 nitrogen and oxygen atoms in total. The molecule has 0 bridgehead atoms. The van der Waals surface area contributed by atoms with Crippen LogP contribution in [0.3, 0.4) is 0 Å². The second kappa shape index (κ2) is 6.52. The van der Waals surface area contributed by atoms with E-state index >= 15 is 0 Å². The first kappa shape index (κ1) is 16.7. The number of rotatable bonds is 5. The molecule has 1 amide bonds. The van der Waals surface area contributed by atoms with E-state index in [-0.39, 0.29) is 11.9 Å². The Morgan fingerprint density at radius 3 is 2.46 bits per heavy atom. The zero-order valence-corrected chi connectivity index (χ0v) is 15.5. The van der Waals surface area contributed by atoms with E-state index in [1.54, 1.807) is 7.11 Å². The van der Waals surface area contributed by atoms with Crippen LogP contribution in [0.4, 0.5) is 5.69 Å². The van der Waals surface area contributed by atoms with E-state index in [1.807, 2.05) is 71.1 Å². The number of nitrogens with zero attached hydrogens (tertiary/aromatic N) is 2. The Labute approximate surface area is 154 Å². The van der Waals surface area contributed by atoms with Gasteiger partial charge in [0.2, 0.25) is 0 Å². The summed E-state index contributed by atoms with van der Waals surface area (Å²) in [6.07, 6.45) is 2.38. The van der Waals surface area contributed by atoms with Gasteiger partial charge in [0.1, 0.15) is 11.4 Å². The van der Waals surface area contributed by atoms with Crippen molar-refractivity contribution in [3.05, 3.63) is 60.3 Å². The van der Waals surface area contributed by atoms with Crippen LogP contribution < -0.4 is 9.64 Å². The fourth-order valence-electron chi connectivity index (χ4n) is 3.69. The average molecular weight is 348 g/mol. The fraction of sp³-hybridized carbons (Fsp3) is 0.318. The van der Waals surface area contributed by atoms with Gasteiger partial charge in [-0.1, -0.05) is 18.2 Å². The maximum atomic E-state index is 13.5. The summed E-state index contributed by atoms with van der Waals surface area (Å²) in [5.74, 6) is 1.42. The summed E-state index contributed by atoms with van der Waals surface area (Å²) in [5, 5.41) is 1.09. The Morgan fingerprint density at radius 1 is 1.15 bits per heavy atom. The highest BCUT2D eigenvalue weighted by Crippen LogP contribution is 2.38. The molecule has 1 saturated carbocycles. The highest BCUT2D eigenvalue weighted by Gasteiger charge is 2.36. The topological polar surface area (TPSA) is 34.5 Å². The maximum absolute atomic E-state index is 13.5. The van der Waals surface area contributed by atoms with Crippen LogP contribution in [-0.2, 0) is 7.05 Å². The van der Waals surface area contributed by atoms with Crippen LogP contribution in [0.1, 0.15) is 30.3 Å². The first-order chi connectivity index (χ1) is 12.6. The highest BCUT2D eigenvalue weighted by molar-refractivity contribution is 6.08. The Balaban J connectivity index is 1.76. The number of amides is 1. The predicted molar refractivity (Wildman–Crippen MR) is 105 cm³/mol. The molecule has 1 aliphatic rings. The van der Waals surface area contributed by atoms with Gasteiger partial charge in [-0.05, 0) is 62.1 Å². The number of benzene rings is 2. The van der Waals surface area contributed by atoms with Crippen LogP contribution in [-0.4, -0.2) is 23.6 Å². The number of carbonyl (C=O) groups excluding carboxylic acids is 1. The largest absolute Gasteiger partial charge is 0.497 e. The van der Waals surface area contributed by atoms with E-state index in [2.05, 4.69) is 6.92 Å². The van der Waals surface area contributed by atoms with Crippen LogP contribution in [0.25, 0.3) is 10.9 Å². The molecular weight excluding hydrogens is 324 g/mol. The second-order valence-corrected chi connectivity index (χ2v) is 7.10. The third-order valence-electron chi connectivity index (χ3n) is 5.45. The normalized spacial score (nSPS) is 15.0. The minimum absolute atomic E-state index is 0.0493. The standard InChI is InChI=1S/C22H24N2O2/c1-15(16-8-9-16)24(18-10-12-19(26-3)13-11-18)22(25)21-14-17-6-4-5-7-20(17)23(21)2/h4-7,10-16H,8-9H2,1-3H3. The summed E-state index contributed by atoms with van der Waals surface area (Å²) in [6.45, 7) is 2.16. The predicted octanol–water partition coefficient (Wildman–Crippen LogP) is 4.63. The van der Waals surface area contributed by atoms with Crippen molar-refractivity contribution < 1.29 is 9.53 Å². The summed E-state index contributed by atoms with van der Waals surface area (Å²) >= 11 is 0. The van der Waals surface area contributed by atoms with Crippen molar-refractivity contribution in [3.63, 3.8) is 0 Å². The van der Waals surface area contributed by atoms with Crippen molar-refractivity contribution in [1.29, 1.82) is 0 Å². The summed E-state index contributed by atoms with van der Waals surface area (Å²) < 4.78 is 7.26. The number of carbonyl (C=O) groups is 1. The van der Waals surface area contributed by atoms with Crippen molar-refractivity contribution in [2.75, 3.05) is 12.0 Å². The number of hydrogen-bond donors (Lipinski definition) is 0. The molecule has 0 radical (unpaired) electrons. The molecular formula is C22H24N2O2. The lowest BCUT2D eigenvalue weighted by Crippen LogP contribution is -2.40. The maximum Gasteiger partial charge on any atom is 0.275 e. The summed E-state index contributed by atoms with van der Waals surface area (Å²) in [4.78, 5) is 15.5. The molecule has 4 rings (SSSR count). The summed E-state index contributed by atoms with van der Waals surface area (Å²) in [5.41, 5.74) is 2.71. The van der Waals surface area contributed by atoms with E-state index < -0.39 is 0 Å². The van der Waals surface area contributed by atoms with Crippen LogP contribution in [0.15, 0.2) is 54.6 Å². The molecule has 0 N–H and O–H groups in total.